The Morgan fingerprint density at radius 1 is 1.23 bits per heavy atom. The Kier molecular flexibility index (Phi) is 5.80. The number of sulfonamides is 1. The highest BCUT2D eigenvalue weighted by Gasteiger charge is 2.19. The van der Waals surface area contributed by atoms with Gasteiger partial charge in [-0.2, -0.15) is 0 Å². The quantitative estimate of drug-likeness (QED) is 0.733. The number of aliphatic hydroxyl groups is 1. The summed E-state index contributed by atoms with van der Waals surface area (Å²) in [5.41, 5.74) is 3.07. The normalized spacial score (nSPS) is 14.9. The Labute approximate surface area is 154 Å². The minimum absolute atomic E-state index is 0.0533. The number of hydrogen-bond donors (Lipinski definition) is 2. The lowest BCUT2D eigenvalue weighted by molar-refractivity contribution is 0.182. The molecule has 0 aliphatic carbocycles. The number of anilines is 1. The number of ether oxygens (including phenoxy) is 1. The average Bonchev–Trinajstić information content (AvgIpc) is 3.01. The van der Waals surface area contributed by atoms with Gasteiger partial charge >= 0.3 is 0 Å². The van der Waals surface area contributed by atoms with Gasteiger partial charge in [-0.25, -0.2) is 13.1 Å². The number of fused-ring (bicyclic) bond motifs is 1. The van der Waals surface area contributed by atoms with Gasteiger partial charge in [0.2, 0.25) is 10.0 Å². The minimum atomic E-state index is -3.52. The van der Waals surface area contributed by atoms with E-state index in [0.29, 0.717) is 5.75 Å². The fourth-order valence-electron chi connectivity index (χ4n) is 2.98. The van der Waals surface area contributed by atoms with Crippen LogP contribution in [0.3, 0.4) is 0 Å². The van der Waals surface area contributed by atoms with Gasteiger partial charge in [-0.05, 0) is 35.7 Å². The largest absolute Gasteiger partial charge is 0.492 e. The molecule has 0 amide bonds. The molecule has 0 bridgehead atoms. The van der Waals surface area contributed by atoms with Crippen LogP contribution in [0.15, 0.2) is 48.5 Å². The lowest BCUT2D eigenvalue weighted by Gasteiger charge is -2.16. The summed E-state index contributed by atoms with van der Waals surface area (Å²) in [6.45, 7) is 0.964. The van der Waals surface area contributed by atoms with Crippen molar-refractivity contribution in [3.8, 4) is 5.75 Å². The van der Waals surface area contributed by atoms with E-state index in [9.17, 15) is 13.5 Å². The van der Waals surface area contributed by atoms with E-state index < -0.39 is 16.1 Å². The lowest BCUT2D eigenvalue weighted by atomic mass is 10.0. The molecule has 0 saturated heterocycles. The Bertz CT molecular complexity index is 840. The van der Waals surface area contributed by atoms with Crippen LogP contribution in [0, 0.1) is 0 Å². The van der Waals surface area contributed by atoms with Crippen LogP contribution in [0.5, 0.6) is 5.75 Å². The summed E-state index contributed by atoms with van der Waals surface area (Å²) < 4.78 is 32.0. The fourth-order valence-corrected chi connectivity index (χ4v) is 3.83. The van der Waals surface area contributed by atoms with E-state index >= 15 is 0 Å². The molecular weight excluding hydrogens is 352 g/mol. The number of likely N-dealkylation sites (N-methyl/N-ethyl adjacent to an activating group) is 1. The third kappa shape index (κ3) is 4.75. The highest BCUT2D eigenvalue weighted by Crippen LogP contribution is 2.29. The minimum Gasteiger partial charge on any atom is -0.492 e. The molecule has 0 aromatic heterocycles. The van der Waals surface area contributed by atoms with Crippen LogP contribution in [-0.4, -0.2) is 46.0 Å². The number of nitrogens with one attached hydrogen (secondary N) is 1. The van der Waals surface area contributed by atoms with Crippen LogP contribution in [0.25, 0.3) is 0 Å². The first-order valence-electron chi connectivity index (χ1n) is 8.62. The summed E-state index contributed by atoms with van der Waals surface area (Å²) in [6, 6.07) is 14.8. The molecule has 1 aliphatic heterocycles. The summed E-state index contributed by atoms with van der Waals surface area (Å²) in [7, 11) is -1.48. The maximum absolute atomic E-state index is 12.1. The Morgan fingerprint density at radius 3 is 2.77 bits per heavy atom. The standard InChI is InChI=1S/C19H24N2O4S/c1-21-10-9-15-13-16(7-8-18(15)21)19(22)14-20-26(23,24)12-11-25-17-5-3-2-4-6-17/h2-8,13,19-20,22H,9-12,14H2,1H3. The molecule has 26 heavy (non-hydrogen) atoms. The van der Waals surface area contributed by atoms with Crippen molar-refractivity contribution >= 4 is 15.7 Å². The van der Waals surface area contributed by atoms with Gasteiger partial charge in [0.05, 0.1) is 11.9 Å². The van der Waals surface area contributed by atoms with Gasteiger partial charge in [0.1, 0.15) is 12.4 Å². The van der Waals surface area contributed by atoms with Crippen molar-refractivity contribution in [2.45, 2.75) is 12.5 Å². The van der Waals surface area contributed by atoms with Crippen molar-refractivity contribution in [1.29, 1.82) is 0 Å². The second-order valence-corrected chi connectivity index (χ2v) is 8.33. The monoisotopic (exact) mass is 376 g/mol. The Morgan fingerprint density at radius 2 is 2.00 bits per heavy atom. The van der Waals surface area contributed by atoms with Gasteiger partial charge in [0.25, 0.3) is 0 Å². The summed E-state index contributed by atoms with van der Waals surface area (Å²) in [4.78, 5) is 2.17. The van der Waals surface area contributed by atoms with Gasteiger partial charge in [0, 0.05) is 25.8 Å². The molecule has 7 heteroatoms. The number of hydrogen-bond acceptors (Lipinski definition) is 5. The zero-order chi connectivity index (χ0) is 18.6. The fraction of sp³-hybridized carbons (Fsp3) is 0.368. The number of nitrogens with zero attached hydrogens (tertiary/aromatic N) is 1. The number of rotatable bonds is 8. The Hall–Kier alpha value is -2.09. The van der Waals surface area contributed by atoms with Crippen molar-refractivity contribution in [3.05, 3.63) is 59.7 Å². The van der Waals surface area contributed by atoms with E-state index in [4.69, 9.17) is 4.74 Å². The number of aliphatic hydroxyl groups excluding tert-OH is 1. The Balaban J connectivity index is 1.49. The molecule has 2 aromatic carbocycles. The first-order chi connectivity index (χ1) is 12.4. The molecule has 140 valence electrons. The van der Waals surface area contributed by atoms with Gasteiger partial charge in [0.15, 0.2) is 0 Å². The predicted molar refractivity (Wildman–Crippen MR) is 102 cm³/mol. The molecule has 6 nitrogen and oxygen atoms in total. The number of benzene rings is 2. The van der Waals surface area contributed by atoms with Gasteiger partial charge in [-0.1, -0.05) is 30.3 Å². The van der Waals surface area contributed by atoms with Crippen molar-refractivity contribution in [1.82, 2.24) is 4.72 Å². The molecule has 1 unspecified atom stereocenters. The van der Waals surface area contributed by atoms with E-state index in [1.54, 1.807) is 12.1 Å². The summed E-state index contributed by atoms with van der Waals surface area (Å²) in [6.07, 6.45) is 0.0607. The summed E-state index contributed by atoms with van der Waals surface area (Å²) >= 11 is 0. The second-order valence-electron chi connectivity index (χ2n) is 6.40. The molecule has 1 atom stereocenters. The molecule has 0 radical (unpaired) electrons. The molecule has 1 aliphatic rings. The highest BCUT2D eigenvalue weighted by molar-refractivity contribution is 7.89. The molecule has 0 spiro atoms. The van der Waals surface area contributed by atoms with Crippen LogP contribution in [0.4, 0.5) is 5.69 Å². The molecule has 2 N–H and O–H groups in total. The number of para-hydroxylation sites is 1. The van der Waals surface area contributed by atoms with Crippen LogP contribution in [0.1, 0.15) is 17.2 Å². The van der Waals surface area contributed by atoms with Crippen molar-refractivity contribution < 1.29 is 18.3 Å². The van der Waals surface area contributed by atoms with Crippen LogP contribution in [0.2, 0.25) is 0 Å². The third-order valence-electron chi connectivity index (χ3n) is 4.48. The maximum atomic E-state index is 12.1. The van der Waals surface area contributed by atoms with Crippen LogP contribution in [-0.2, 0) is 16.4 Å². The van der Waals surface area contributed by atoms with Gasteiger partial charge < -0.3 is 14.7 Å². The zero-order valence-corrected chi connectivity index (χ0v) is 15.6. The van der Waals surface area contributed by atoms with Crippen LogP contribution < -0.4 is 14.4 Å². The van der Waals surface area contributed by atoms with Crippen LogP contribution >= 0.6 is 0 Å². The molecule has 0 saturated carbocycles. The van der Waals surface area contributed by atoms with Crippen molar-refractivity contribution in [2.75, 3.05) is 37.4 Å². The summed E-state index contributed by atoms with van der Waals surface area (Å²) in [5, 5.41) is 10.3. The van der Waals surface area contributed by atoms with E-state index in [1.807, 2.05) is 43.4 Å². The first kappa shape index (κ1) is 18.7. The molecule has 3 rings (SSSR count). The average molecular weight is 376 g/mol. The smallest absolute Gasteiger partial charge is 0.215 e. The van der Waals surface area contributed by atoms with E-state index in [2.05, 4.69) is 9.62 Å². The van der Waals surface area contributed by atoms with Crippen molar-refractivity contribution in [2.24, 2.45) is 0 Å². The molecule has 0 fully saturated rings. The molecular formula is C19H24N2O4S. The lowest BCUT2D eigenvalue weighted by Crippen LogP contribution is -2.32. The highest BCUT2D eigenvalue weighted by atomic mass is 32.2. The van der Waals surface area contributed by atoms with Crippen molar-refractivity contribution in [3.63, 3.8) is 0 Å². The van der Waals surface area contributed by atoms with Gasteiger partial charge in [-0.3, -0.25) is 0 Å². The molecule has 2 aromatic rings. The second kappa shape index (κ2) is 8.07. The topological polar surface area (TPSA) is 78.9 Å². The summed E-state index contributed by atoms with van der Waals surface area (Å²) in [5.74, 6) is 0.467. The maximum Gasteiger partial charge on any atom is 0.215 e. The van der Waals surface area contributed by atoms with E-state index in [0.717, 1.165) is 18.5 Å². The molecule has 1 heterocycles. The predicted octanol–water partition coefficient (Wildman–Crippen LogP) is 1.71. The third-order valence-corrected chi connectivity index (χ3v) is 5.79. The zero-order valence-electron chi connectivity index (χ0n) is 14.8. The van der Waals surface area contributed by atoms with E-state index in [-0.39, 0.29) is 18.9 Å². The SMILES string of the molecule is CN1CCc2cc(C(O)CNS(=O)(=O)CCOc3ccccc3)ccc21. The first-order valence-corrected chi connectivity index (χ1v) is 10.3. The van der Waals surface area contributed by atoms with Gasteiger partial charge in [-0.15, -0.1) is 0 Å². The van der Waals surface area contributed by atoms with E-state index in [1.165, 1.54) is 11.3 Å².